The van der Waals surface area contributed by atoms with Gasteiger partial charge in [0, 0.05) is 0 Å². The molecule has 0 aromatic rings. The highest BCUT2D eigenvalue weighted by atomic mass is 16.4. The van der Waals surface area contributed by atoms with Crippen LogP contribution in [0.25, 0.3) is 0 Å². The molecule has 0 spiro atoms. The maximum Gasteiger partial charge on any atom is 0.326 e. The molecule has 0 heterocycles. The van der Waals surface area contributed by atoms with Crippen LogP contribution in [0.15, 0.2) is 0 Å². The molecule has 25 heavy (non-hydrogen) atoms. The third-order valence-electron chi connectivity index (χ3n) is 3.22. The topological polar surface area (TPSA) is 194 Å². The number of carboxylic acids is 1. The van der Waals surface area contributed by atoms with Crippen molar-refractivity contribution in [2.45, 2.75) is 45.3 Å². The largest absolute Gasteiger partial charge is 0.480 e. The van der Waals surface area contributed by atoms with Crippen LogP contribution in [0.4, 0.5) is 0 Å². The Hall–Kier alpha value is -2.69. The number of nitrogens with two attached hydrogens (primary N) is 2. The van der Waals surface area contributed by atoms with E-state index in [0.29, 0.717) is 0 Å². The van der Waals surface area contributed by atoms with Gasteiger partial charge in [-0.3, -0.25) is 19.2 Å². The van der Waals surface area contributed by atoms with E-state index in [1.165, 1.54) is 6.92 Å². The maximum absolute atomic E-state index is 12.3. The van der Waals surface area contributed by atoms with Crippen LogP contribution >= 0.6 is 0 Å². The molecule has 0 aromatic carbocycles. The molecule has 0 aliphatic carbocycles. The number of carbonyl (C=O) groups is 5. The zero-order chi connectivity index (χ0) is 19.7. The average molecular weight is 359 g/mol. The summed E-state index contributed by atoms with van der Waals surface area (Å²) in [6.45, 7) is 4.39. The van der Waals surface area contributed by atoms with Crippen molar-refractivity contribution >= 4 is 29.6 Å². The Kier molecular flexibility index (Phi) is 9.13. The molecule has 0 rings (SSSR count). The molecule has 11 nitrogen and oxygen atoms in total. The zero-order valence-electron chi connectivity index (χ0n) is 14.4. The molecule has 0 saturated carbocycles. The van der Waals surface area contributed by atoms with Crippen molar-refractivity contribution in [2.24, 2.45) is 17.4 Å². The van der Waals surface area contributed by atoms with Crippen molar-refractivity contribution in [1.29, 1.82) is 0 Å². The first-order chi connectivity index (χ1) is 11.5. The summed E-state index contributed by atoms with van der Waals surface area (Å²) in [6, 6.07) is -3.51. The minimum Gasteiger partial charge on any atom is -0.480 e. The Morgan fingerprint density at radius 2 is 1.52 bits per heavy atom. The third-order valence-corrected chi connectivity index (χ3v) is 3.22. The van der Waals surface area contributed by atoms with E-state index in [0.717, 1.165) is 0 Å². The number of primary amides is 1. The molecule has 11 heteroatoms. The van der Waals surface area contributed by atoms with Gasteiger partial charge in [0.2, 0.25) is 23.6 Å². The Labute approximate surface area is 144 Å². The highest BCUT2D eigenvalue weighted by molar-refractivity contribution is 5.94. The molecule has 3 atom stereocenters. The van der Waals surface area contributed by atoms with Crippen molar-refractivity contribution in [2.75, 3.05) is 6.54 Å². The lowest BCUT2D eigenvalue weighted by atomic mass is 10.0. The van der Waals surface area contributed by atoms with Gasteiger partial charge in [0.05, 0.1) is 13.0 Å². The summed E-state index contributed by atoms with van der Waals surface area (Å²) in [5.74, 6) is -4.67. The van der Waals surface area contributed by atoms with Crippen LogP contribution in [-0.4, -0.2) is 59.4 Å². The van der Waals surface area contributed by atoms with Crippen LogP contribution in [0.2, 0.25) is 0 Å². The summed E-state index contributed by atoms with van der Waals surface area (Å²) >= 11 is 0. The number of amides is 4. The quantitative estimate of drug-likeness (QED) is 0.239. The summed E-state index contributed by atoms with van der Waals surface area (Å²) in [4.78, 5) is 57.5. The van der Waals surface area contributed by atoms with Crippen molar-refractivity contribution < 1.29 is 29.1 Å². The second kappa shape index (κ2) is 10.2. The molecule has 0 saturated heterocycles. The lowest BCUT2D eigenvalue weighted by Gasteiger charge is -2.25. The van der Waals surface area contributed by atoms with Gasteiger partial charge in [0.25, 0.3) is 0 Å². The number of hydrogen-bond acceptors (Lipinski definition) is 6. The van der Waals surface area contributed by atoms with Gasteiger partial charge < -0.3 is 32.5 Å². The highest BCUT2D eigenvalue weighted by Crippen LogP contribution is 2.04. The summed E-state index contributed by atoms with van der Waals surface area (Å²) in [7, 11) is 0. The number of hydrogen-bond donors (Lipinski definition) is 6. The molecule has 4 amide bonds. The van der Waals surface area contributed by atoms with Gasteiger partial charge in [-0.05, 0) is 12.8 Å². The average Bonchev–Trinajstić information content (AvgIpc) is 2.50. The third kappa shape index (κ3) is 8.11. The van der Waals surface area contributed by atoms with Crippen LogP contribution in [0.1, 0.15) is 27.2 Å². The lowest BCUT2D eigenvalue weighted by molar-refractivity contribution is -0.144. The van der Waals surface area contributed by atoms with Crippen LogP contribution in [0.5, 0.6) is 0 Å². The number of nitrogens with one attached hydrogen (secondary N) is 3. The molecule has 142 valence electrons. The van der Waals surface area contributed by atoms with Crippen LogP contribution in [-0.2, 0) is 24.0 Å². The molecule has 0 radical (unpaired) electrons. The predicted molar refractivity (Wildman–Crippen MR) is 86.8 cm³/mol. The fraction of sp³-hybridized carbons (Fsp3) is 0.643. The molecule has 3 unspecified atom stereocenters. The fourth-order valence-corrected chi connectivity index (χ4v) is 1.84. The minimum atomic E-state index is -1.50. The van der Waals surface area contributed by atoms with Crippen LogP contribution in [0.3, 0.4) is 0 Å². The summed E-state index contributed by atoms with van der Waals surface area (Å²) in [6.07, 6.45) is -0.581. The van der Waals surface area contributed by atoms with E-state index in [1.807, 2.05) is 0 Å². The van der Waals surface area contributed by atoms with E-state index >= 15 is 0 Å². The Morgan fingerprint density at radius 3 is 1.92 bits per heavy atom. The molecule has 0 fully saturated rings. The van der Waals surface area contributed by atoms with Gasteiger partial charge in [-0.1, -0.05) is 13.8 Å². The van der Waals surface area contributed by atoms with Crippen LogP contribution in [0, 0.1) is 5.92 Å². The number of carbonyl (C=O) groups excluding carboxylic acids is 4. The van der Waals surface area contributed by atoms with Crippen LogP contribution < -0.4 is 27.4 Å². The molecular weight excluding hydrogens is 334 g/mol. The molecule has 0 aromatic heterocycles. The zero-order valence-corrected chi connectivity index (χ0v) is 14.4. The van der Waals surface area contributed by atoms with Crippen molar-refractivity contribution in [1.82, 2.24) is 16.0 Å². The van der Waals surface area contributed by atoms with Gasteiger partial charge in [-0.15, -0.1) is 0 Å². The number of rotatable bonds is 10. The van der Waals surface area contributed by atoms with E-state index in [-0.39, 0.29) is 12.5 Å². The Balaban J connectivity index is 5.00. The maximum atomic E-state index is 12.3. The minimum absolute atomic E-state index is 0.293. The normalized spacial score (nSPS) is 14.1. The summed E-state index contributed by atoms with van der Waals surface area (Å²) in [5.41, 5.74) is 10.1. The van der Waals surface area contributed by atoms with E-state index in [9.17, 15) is 24.0 Å². The van der Waals surface area contributed by atoms with Crippen molar-refractivity contribution in [3.8, 4) is 0 Å². The van der Waals surface area contributed by atoms with E-state index in [4.69, 9.17) is 16.6 Å². The fourth-order valence-electron chi connectivity index (χ4n) is 1.84. The first-order valence-electron chi connectivity index (χ1n) is 7.60. The van der Waals surface area contributed by atoms with Crippen molar-refractivity contribution in [3.63, 3.8) is 0 Å². The Morgan fingerprint density at radius 1 is 0.960 bits per heavy atom. The number of aliphatic carboxylic acids is 1. The highest BCUT2D eigenvalue weighted by Gasteiger charge is 2.30. The second-order valence-corrected chi connectivity index (χ2v) is 5.79. The lowest BCUT2D eigenvalue weighted by Crippen LogP contribution is -2.57. The van der Waals surface area contributed by atoms with Gasteiger partial charge in [0.15, 0.2) is 0 Å². The molecule has 0 aliphatic heterocycles. The first kappa shape index (κ1) is 22.3. The van der Waals surface area contributed by atoms with Gasteiger partial charge in [0.1, 0.15) is 18.1 Å². The summed E-state index contributed by atoms with van der Waals surface area (Å²) in [5, 5.41) is 15.9. The molecular formula is C14H25N5O6. The van der Waals surface area contributed by atoms with Gasteiger partial charge >= 0.3 is 5.97 Å². The van der Waals surface area contributed by atoms with Gasteiger partial charge in [-0.25, -0.2) is 4.79 Å². The SMILES string of the molecule is CC(NC(=O)CN)C(=O)NC(C(=O)NC(CC(N)=O)C(=O)O)C(C)C. The number of carboxylic acid groups (broad SMARTS) is 1. The van der Waals surface area contributed by atoms with E-state index in [1.54, 1.807) is 13.8 Å². The monoisotopic (exact) mass is 359 g/mol. The standard InChI is InChI=1S/C14H25N5O6/c1-6(2)11(19-12(22)7(3)17-10(21)5-15)13(23)18-8(14(24)25)4-9(16)20/h6-8,11H,4-5,15H2,1-3H3,(H2,16,20)(H,17,21)(H,18,23)(H,19,22)(H,24,25). The van der Waals surface area contributed by atoms with Gasteiger partial charge in [-0.2, -0.15) is 0 Å². The molecule has 0 aliphatic rings. The smallest absolute Gasteiger partial charge is 0.326 e. The van der Waals surface area contributed by atoms with Crippen molar-refractivity contribution in [3.05, 3.63) is 0 Å². The predicted octanol–water partition coefficient (Wildman–Crippen LogP) is -2.96. The molecule has 8 N–H and O–H groups in total. The Bertz CT molecular complexity index is 536. The molecule has 0 bridgehead atoms. The van der Waals surface area contributed by atoms with E-state index < -0.39 is 54.1 Å². The summed E-state index contributed by atoms with van der Waals surface area (Å²) < 4.78 is 0. The second-order valence-electron chi connectivity index (χ2n) is 5.79. The first-order valence-corrected chi connectivity index (χ1v) is 7.60. The van der Waals surface area contributed by atoms with E-state index in [2.05, 4.69) is 16.0 Å².